The van der Waals surface area contributed by atoms with Crippen LogP contribution in [-0.4, -0.2) is 29.5 Å². The van der Waals surface area contributed by atoms with Crippen molar-refractivity contribution in [3.05, 3.63) is 23.9 Å². The van der Waals surface area contributed by atoms with Gasteiger partial charge in [-0.25, -0.2) is 4.98 Å². The Morgan fingerprint density at radius 3 is 2.71 bits per heavy atom. The summed E-state index contributed by atoms with van der Waals surface area (Å²) in [6, 6.07) is 3.40. The minimum absolute atomic E-state index is 0.188. The molecule has 0 spiro atoms. The second-order valence-corrected chi connectivity index (χ2v) is 4.98. The second-order valence-electron chi connectivity index (χ2n) is 4.98. The molecule has 1 aliphatic heterocycles. The van der Waals surface area contributed by atoms with Crippen LogP contribution in [-0.2, 0) is 0 Å². The molecule has 0 radical (unpaired) electrons. The van der Waals surface area contributed by atoms with E-state index in [1.807, 2.05) is 4.90 Å². The molecule has 1 aromatic heterocycles. The van der Waals surface area contributed by atoms with Gasteiger partial charge < -0.3 is 16.4 Å². The average Bonchev–Trinajstić information content (AvgIpc) is 2.24. The van der Waals surface area contributed by atoms with Crippen LogP contribution in [0, 0.1) is 5.92 Å². The summed E-state index contributed by atoms with van der Waals surface area (Å²) in [5.41, 5.74) is 11.8. The van der Waals surface area contributed by atoms with Gasteiger partial charge in [-0.1, -0.05) is 13.8 Å². The number of pyridine rings is 1. The number of nitrogens with two attached hydrogens (primary N) is 2. The molecule has 92 valence electrons. The molecule has 0 saturated carbocycles. The van der Waals surface area contributed by atoms with Crippen LogP contribution in [0.1, 0.15) is 24.2 Å². The number of primary amides is 1. The van der Waals surface area contributed by atoms with E-state index < -0.39 is 5.91 Å². The van der Waals surface area contributed by atoms with E-state index in [9.17, 15) is 4.79 Å². The van der Waals surface area contributed by atoms with Gasteiger partial charge in [0.15, 0.2) is 0 Å². The summed E-state index contributed by atoms with van der Waals surface area (Å²) in [6.45, 7) is 5.62. The van der Waals surface area contributed by atoms with Crippen molar-refractivity contribution < 1.29 is 4.79 Å². The van der Waals surface area contributed by atoms with Crippen molar-refractivity contribution in [2.45, 2.75) is 19.4 Å². The van der Waals surface area contributed by atoms with E-state index in [0.29, 0.717) is 30.4 Å². The van der Waals surface area contributed by atoms with Crippen molar-refractivity contribution in [1.29, 1.82) is 0 Å². The Kier molecular flexibility index (Phi) is 2.79. The highest BCUT2D eigenvalue weighted by atomic mass is 16.1. The summed E-state index contributed by atoms with van der Waals surface area (Å²) in [5.74, 6) is 0.591. The van der Waals surface area contributed by atoms with Crippen LogP contribution in [0.4, 0.5) is 5.82 Å². The minimum Gasteiger partial charge on any atom is -0.365 e. The molecule has 2 heterocycles. The fourth-order valence-electron chi connectivity index (χ4n) is 2.02. The summed E-state index contributed by atoms with van der Waals surface area (Å²) in [5, 5.41) is 0. The largest absolute Gasteiger partial charge is 0.365 e. The molecular weight excluding hydrogens is 216 g/mol. The molecule has 1 aliphatic rings. The number of hydrogen-bond donors (Lipinski definition) is 2. The maximum Gasteiger partial charge on any atom is 0.252 e. The van der Waals surface area contributed by atoms with Crippen LogP contribution in [0.5, 0.6) is 0 Å². The fraction of sp³-hybridized carbons (Fsp3) is 0.500. The molecule has 0 atom stereocenters. The molecule has 0 aromatic carbocycles. The molecule has 5 nitrogen and oxygen atoms in total. The van der Waals surface area contributed by atoms with E-state index in [4.69, 9.17) is 11.5 Å². The summed E-state index contributed by atoms with van der Waals surface area (Å²) in [6.07, 6.45) is 1.66. The Bertz CT molecular complexity index is 438. The van der Waals surface area contributed by atoms with Gasteiger partial charge in [0.1, 0.15) is 5.82 Å². The minimum atomic E-state index is -0.452. The van der Waals surface area contributed by atoms with Gasteiger partial charge in [-0.2, -0.15) is 0 Å². The molecule has 1 amide bonds. The van der Waals surface area contributed by atoms with Crippen molar-refractivity contribution in [2.75, 3.05) is 18.0 Å². The molecule has 17 heavy (non-hydrogen) atoms. The lowest BCUT2D eigenvalue weighted by Gasteiger charge is -2.51. The molecule has 5 heteroatoms. The van der Waals surface area contributed by atoms with Gasteiger partial charge >= 0.3 is 0 Å². The number of anilines is 1. The lowest BCUT2D eigenvalue weighted by Crippen LogP contribution is -2.70. The monoisotopic (exact) mass is 234 g/mol. The molecule has 4 N–H and O–H groups in total. The van der Waals surface area contributed by atoms with E-state index in [2.05, 4.69) is 18.8 Å². The molecule has 0 aliphatic carbocycles. The number of carbonyl (C=O) groups is 1. The van der Waals surface area contributed by atoms with E-state index in [1.165, 1.54) is 0 Å². The number of rotatable bonds is 3. The van der Waals surface area contributed by atoms with E-state index in [1.54, 1.807) is 18.3 Å². The van der Waals surface area contributed by atoms with Crippen LogP contribution in [0.15, 0.2) is 18.3 Å². The van der Waals surface area contributed by atoms with Gasteiger partial charge in [0.25, 0.3) is 5.91 Å². The molecular formula is C12H18N4O. The van der Waals surface area contributed by atoms with Gasteiger partial charge in [-0.05, 0) is 18.1 Å². The maximum absolute atomic E-state index is 11.3. The Labute approximate surface area is 101 Å². The van der Waals surface area contributed by atoms with Gasteiger partial charge in [0.2, 0.25) is 0 Å². The highest BCUT2D eigenvalue weighted by molar-refractivity contribution is 5.97. The van der Waals surface area contributed by atoms with Crippen molar-refractivity contribution in [3.63, 3.8) is 0 Å². The SMILES string of the molecule is CC(C)C1(N)CN(c2ncccc2C(N)=O)C1. The number of nitrogens with zero attached hydrogens (tertiary/aromatic N) is 2. The van der Waals surface area contributed by atoms with Crippen LogP contribution < -0.4 is 16.4 Å². The van der Waals surface area contributed by atoms with Crippen LogP contribution >= 0.6 is 0 Å². The highest BCUT2D eigenvalue weighted by Gasteiger charge is 2.43. The smallest absolute Gasteiger partial charge is 0.252 e. The first-order chi connectivity index (χ1) is 7.94. The molecule has 0 bridgehead atoms. The number of carbonyl (C=O) groups excluding carboxylic acids is 1. The van der Waals surface area contributed by atoms with E-state index in [0.717, 1.165) is 0 Å². The highest BCUT2D eigenvalue weighted by Crippen LogP contribution is 2.31. The summed E-state index contributed by atoms with van der Waals surface area (Å²) in [7, 11) is 0. The first-order valence-corrected chi connectivity index (χ1v) is 5.73. The zero-order chi connectivity index (χ0) is 12.6. The van der Waals surface area contributed by atoms with Gasteiger partial charge in [-0.3, -0.25) is 4.79 Å². The van der Waals surface area contributed by atoms with Gasteiger partial charge in [0.05, 0.1) is 11.1 Å². The third kappa shape index (κ3) is 1.98. The van der Waals surface area contributed by atoms with Crippen LogP contribution in [0.2, 0.25) is 0 Å². The van der Waals surface area contributed by atoms with Crippen molar-refractivity contribution in [1.82, 2.24) is 4.98 Å². The first kappa shape index (κ1) is 11.9. The molecule has 1 aromatic rings. The maximum atomic E-state index is 11.3. The standard InChI is InChI=1S/C12H18N4O/c1-8(2)12(14)6-16(7-12)11-9(10(13)17)4-3-5-15-11/h3-5,8H,6-7,14H2,1-2H3,(H2,13,17). The predicted molar refractivity (Wildman–Crippen MR) is 66.7 cm³/mol. The fourth-order valence-corrected chi connectivity index (χ4v) is 2.02. The molecule has 1 fully saturated rings. The van der Waals surface area contributed by atoms with Gasteiger partial charge in [0, 0.05) is 19.3 Å². The summed E-state index contributed by atoms with van der Waals surface area (Å²) in [4.78, 5) is 17.5. The average molecular weight is 234 g/mol. The van der Waals surface area contributed by atoms with Crippen molar-refractivity contribution in [3.8, 4) is 0 Å². The first-order valence-electron chi connectivity index (χ1n) is 5.73. The predicted octanol–water partition coefficient (Wildman–Crippen LogP) is 0.354. The Morgan fingerprint density at radius 1 is 1.53 bits per heavy atom. The Morgan fingerprint density at radius 2 is 2.18 bits per heavy atom. The van der Waals surface area contributed by atoms with E-state index >= 15 is 0 Å². The van der Waals surface area contributed by atoms with Crippen molar-refractivity contribution >= 4 is 11.7 Å². The molecule has 2 rings (SSSR count). The number of amides is 1. The summed E-state index contributed by atoms with van der Waals surface area (Å²) < 4.78 is 0. The van der Waals surface area contributed by atoms with Crippen LogP contribution in [0.3, 0.4) is 0 Å². The third-order valence-corrected chi connectivity index (χ3v) is 3.47. The molecule has 0 unspecified atom stereocenters. The van der Waals surface area contributed by atoms with Gasteiger partial charge in [-0.15, -0.1) is 0 Å². The topological polar surface area (TPSA) is 85.2 Å². The quantitative estimate of drug-likeness (QED) is 0.790. The van der Waals surface area contributed by atoms with Crippen LogP contribution in [0.25, 0.3) is 0 Å². The number of aromatic nitrogens is 1. The zero-order valence-electron chi connectivity index (χ0n) is 10.2. The van der Waals surface area contributed by atoms with E-state index in [-0.39, 0.29) is 5.54 Å². The Hall–Kier alpha value is -1.62. The number of hydrogen-bond acceptors (Lipinski definition) is 4. The second kappa shape index (κ2) is 4.00. The Balaban J connectivity index is 2.19. The third-order valence-electron chi connectivity index (χ3n) is 3.47. The zero-order valence-corrected chi connectivity index (χ0v) is 10.2. The van der Waals surface area contributed by atoms with Crippen molar-refractivity contribution in [2.24, 2.45) is 17.4 Å². The normalized spacial score (nSPS) is 18.0. The summed E-state index contributed by atoms with van der Waals surface area (Å²) >= 11 is 0. The lowest BCUT2D eigenvalue weighted by molar-refractivity contribution is 0.0999. The molecule has 1 saturated heterocycles. The lowest BCUT2D eigenvalue weighted by atomic mass is 9.80.